The molecule has 0 aromatic carbocycles. The van der Waals surface area contributed by atoms with Crippen molar-refractivity contribution in [2.75, 3.05) is 19.8 Å². The lowest BCUT2D eigenvalue weighted by atomic mass is 10.1. The lowest BCUT2D eigenvalue weighted by Gasteiger charge is -2.18. The van der Waals surface area contributed by atoms with Gasteiger partial charge in [-0.1, -0.05) is 64.7 Å². The number of imide groups is 1. The van der Waals surface area contributed by atoms with Crippen LogP contribution in [0, 0.1) is 0 Å². The second-order valence-corrected chi connectivity index (χ2v) is 5.44. The summed E-state index contributed by atoms with van der Waals surface area (Å²) in [6.45, 7) is 1.12. The number of carbonyl (C=O) groups excluding carboxylic acids is 2. The Morgan fingerprint density at radius 1 is 0.714 bits per heavy atom. The summed E-state index contributed by atoms with van der Waals surface area (Å²) >= 11 is 0. The average Bonchev–Trinajstić information content (AvgIpc) is 2.51. The smallest absolute Gasteiger partial charge is 0.254 e. The van der Waals surface area contributed by atoms with Gasteiger partial charge in [-0.3, -0.25) is 14.5 Å². The van der Waals surface area contributed by atoms with Crippen LogP contribution in [0.15, 0.2) is 0 Å². The number of aliphatic hydroxyl groups is 2. The Bertz CT molecular complexity index is 265. The van der Waals surface area contributed by atoms with E-state index in [9.17, 15) is 9.59 Å². The van der Waals surface area contributed by atoms with Crippen molar-refractivity contribution >= 4 is 11.8 Å². The van der Waals surface area contributed by atoms with E-state index >= 15 is 0 Å². The van der Waals surface area contributed by atoms with E-state index in [1.807, 2.05) is 0 Å². The van der Waals surface area contributed by atoms with Gasteiger partial charge >= 0.3 is 0 Å². The van der Waals surface area contributed by atoms with Gasteiger partial charge < -0.3 is 10.2 Å². The van der Waals surface area contributed by atoms with Crippen LogP contribution in [0.3, 0.4) is 0 Å². The third kappa shape index (κ3) is 10.4. The summed E-state index contributed by atoms with van der Waals surface area (Å²) in [6.07, 6.45) is 11.8. The minimum absolute atomic E-state index is 0.287. The van der Waals surface area contributed by atoms with Gasteiger partial charge in [0.2, 0.25) is 0 Å². The van der Waals surface area contributed by atoms with Crippen LogP contribution in [-0.2, 0) is 9.59 Å². The van der Waals surface area contributed by atoms with E-state index in [-0.39, 0.29) is 6.54 Å². The molecule has 0 aromatic heterocycles. The van der Waals surface area contributed by atoms with Crippen molar-refractivity contribution in [1.82, 2.24) is 4.90 Å². The van der Waals surface area contributed by atoms with Crippen LogP contribution in [-0.4, -0.2) is 46.7 Å². The van der Waals surface area contributed by atoms with E-state index in [0.29, 0.717) is 0 Å². The van der Waals surface area contributed by atoms with E-state index in [2.05, 4.69) is 6.92 Å². The van der Waals surface area contributed by atoms with Gasteiger partial charge in [0.25, 0.3) is 11.8 Å². The van der Waals surface area contributed by atoms with Crippen molar-refractivity contribution in [2.45, 2.75) is 71.1 Å². The Hall–Kier alpha value is -0.940. The van der Waals surface area contributed by atoms with Gasteiger partial charge in [-0.15, -0.1) is 0 Å². The third-order valence-corrected chi connectivity index (χ3v) is 3.61. The highest BCUT2D eigenvalue weighted by molar-refractivity contribution is 5.96. The minimum atomic E-state index is -0.691. The molecule has 0 heterocycles. The summed E-state index contributed by atoms with van der Waals surface area (Å²) in [5.74, 6) is -1.27. The van der Waals surface area contributed by atoms with Crippen LogP contribution in [0.1, 0.15) is 71.1 Å². The first-order valence-corrected chi connectivity index (χ1v) is 8.22. The van der Waals surface area contributed by atoms with Gasteiger partial charge in [0.15, 0.2) is 0 Å². The van der Waals surface area contributed by atoms with Crippen molar-refractivity contribution in [2.24, 2.45) is 0 Å². The molecule has 0 aliphatic rings. The molecule has 124 valence electrons. The molecule has 0 bridgehead atoms. The Balaban J connectivity index is 3.58. The van der Waals surface area contributed by atoms with Crippen LogP contribution >= 0.6 is 0 Å². The lowest BCUT2D eigenvalue weighted by Crippen LogP contribution is -2.41. The molecule has 5 heteroatoms. The van der Waals surface area contributed by atoms with Crippen LogP contribution in [0.25, 0.3) is 0 Å². The Labute approximate surface area is 128 Å². The zero-order valence-corrected chi connectivity index (χ0v) is 13.4. The maximum absolute atomic E-state index is 11.3. The van der Waals surface area contributed by atoms with Crippen molar-refractivity contribution in [3.63, 3.8) is 0 Å². The molecule has 0 unspecified atom stereocenters. The van der Waals surface area contributed by atoms with Crippen molar-refractivity contribution in [3.05, 3.63) is 0 Å². The fourth-order valence-electron chi connectivity index (χ4n) is 2.32. The van der Waals surface area contributed by atoms with E-state index in [1.54, 1.807) is 0 Å². The molecule has 21 heavy (non-hydrogen) atoms. The molecule has 0 radical (unpaired) electrons. The van der Waals surface area contributed by atoms with Crippen LogP contribution < -0.4 is 0 Å². The SMILES string of the molecule is CCCCCCCCCCCCN(C(=O)CO)C(=O)CO. The molecule has 5 nitrogen and oxygen atoms in total. The minimum Gasteiger partial charge on any atom is -0.387 e. The molecule has 0 aliphatic carbocycles. The van der Waals surface area contributed by atoms with Crippen LogP contribution in [0.4, 0.5) is 0 Å². The maximum atomic E-state index is 11.3. The number of rotatable bonds is 13. The molecule has 0 spiro atoms. The Kier molecular flexibility index (Phi) is 13.4. The summed E-state index contributed by atoms with van der Waals surface area (Å²) in [4.78, 5) is 23.6. The zero-order chi connectivity index (χ0) is 15.9. The van der Waals surface area contributed by atoms with Crippen LogP contribution in [0.2, 0.25) is 0 Å². The molecule has 2 amide bonds. The Morgan fingerprint density at radius 3 is 1.48 bits per heavy atom. The predicted octanol–water partition coefficient (Wildman–Crippen LogP) is 2.25. The van der Waals surface area contributed by atoms with Crippen LogP contribution in [0.5, 0.6) is 0 Å². The van der Waals surface area contributed by atoms with Crippen molar-refractivity contribution in [1.29, 1.82) is 0 Å². The molecular formula is C16H31NO4. The first-order valence-electron chi connectivity index (χ1n) is 8.22. The molecule has 0 rings (SSSR count). The van der Waals surface area contributed by atoms with E-state index in [1.165, 1.54) is 44.9 Å². The summed E-state index contributed by atoms with van der Waals surface area (Å²) in [6, 6.07) is 0. The maximum Gasteiger partial charge on any atom is 0.254 e. The highest BCUT2D eigenvalue weighted by atomic mass is 16.3. The molecule has 0 saturated heterocycles. The van der Waals surface area contributed by atoms with Gasteiger partial charge in [-0.2, -0.15) is 0 Å². The average molecular weight is 301 g/mol. The monoisotopic (exact) mass is 301 g/mol. The summed E-state index contributed by atoms with van der Waals surface area (Å²) in [7, 11) is 0. The fourth-order valence-corrected chi connectivity index (χ4v) is 2.32. The van der Waals surface area contributed by atoms with E-state index in [0.717, 1.165) is 24.2 Å². The number of carbonyl (C=O) groups is 2. The van der Waals surface area contributed by atoms with Gasteiger partial charge in [0.1, 0.15) is 13.2 Å². The number of amides is 2. The summed E-state index contributed by atoms with van der Waals surface area (Å²) in [5.41, 5.74) is 0. The van der Waals surface area contributed by atoms with Gasteiger partial charge in [0.05, 0.1) is 0 Å². The second kappa shape index (κ2) is 14.0. The highest BCUT2D eigenvalue weighted by Crippen LogP contribution is 2.10. The van der Waals surface area contributed by atoms with Crippen molar-refractivity contribution in [3.8, 4) is 0 Å². The first kappa shape index (κ1) is 20.1. The van der Waals surface area contributed by atoms with Gasteiger partial charge in [-0.05, 0) is 6.42 Å². The largest absolute Gasteiger partial charge is 0.387 e. The van der Waals surface area contributed by atoms with E-state index in [4.69, 9.17) is 10.2 Å². The van der Waals surface area contributed by atoms with E-state index < -0.39 is 25.0 Å². The standard InChI is InChI=1S/C16H31NO4/c1-2-3-4-5-6-7-8-9-10-11-12-17(15(20)13-18)16(21)14-19/h18-19H,2-14H2,1H3. The number of aliphatic hydroxyl groups excluding tert-OH is 2. The molecule has 0 fully saturated rings. The molecule has 0 aliphatic heterocycles. The quantitative estimate of drug-likeness (QED) is 0.511. The topological polar surface area (TPSA) is 77.8 Å². The predicted molar refractivity (Wildman–Crippen MR) is 82.7 cm³/mol. The molecule has 0 saturated carbocycles. The molecule has 0 atom stereocenters. The fraction of sp³-hybridized carbons (Fsp3) is 0.875. The Morgan fingerprint density at radius 2 is 1.10 bits per heavy atom. The van der Waals surface area contributed by atoms with Crippen molar-refractivity contribution < 1.29 is 19.8 Å². The van der Waals surface area contributed by atoms with Gasteiger partial charge in [-0.25, -0.2) is 0 Å². The second-order valence-electron chi connectivity index (χ2n) is 5.44. The number of hydrogen-bond acceptors (Lipinski definition) is 4. The number of nitrogens with zero attached hydrogens (tertiary/aromatic N) is 1. The summed E-state index contributed by atoms with van der Waals surface area (Å²) < 4.78 is 0. The number of unbranched alkanes of at least 4 members (excludes halogenated alkanes) is 9. The summed E-state index contributed by atoms with van der Waals surface area (Å²) in [5, 5.41) is 17.6. The lowest BCUT2D eigenvalue weighted by molar-refractivity contribution is -0.148. The first-order chi connectivity index (χ1) is 10.2. The number of hydrogen-bond donors (Lipinski definition) is 2. The molecule has 0 aromatic rings. The highest BCUT2D eigenvalue weighted by Gasteiger charge is 2.18. The normalized spacial score (nSPS) is 10.6. The van der Waals surface area contributed by atoms with Gasteiger partial charge in [0, 0.05) is 6.54 Å². The molecular weight excluding hydrogens is 270 g/mol. The molecule has 2 N–H and O–H groups in total. The third-order valence-electron chi connectivity index (χ3n) is 3.61. The zero-order valence-electron chi connectivity index (χ0n) is 13.4.